The predicted molar refractivity (Wildman–Crippen MR) is 113 cm³/mol. The Morgan fingerprint density at radius 2 is 1.83 bits per heavy atom. The number of hydrogen-bond donors (Lipinski definition) is 0. The van der Waals surface area contributed by atoms with Crippen LogP contribution >= 0.6 is 27.5 Å². The number of aromatic nitrogens is 1. The van der Waals surface area contributed by atoms with Gasteiger partial charge in [0.05, 0.1) is 10.9 Å². The van der Waals surface area contributed by atoms with Gasteiger partial charge in [-0.1, -0.05) is 41.9 Å². The Kier molecular flexibility index (Phi) is 5.16. The van der Waals surface area contributed by atoms with Gasteiger partial charge in [-0.05, 0) is 39.7 Å². The van der Waals surface area contributed by atoms with Crippen molar-refractivity contribution in [3.63, 3.8) is 0 Å². The zero-order valence-electron chi connectivity index (χ0n) is 14.5. The lowest BCUT2D eigenvalue weighted by atomic mass is 10.1. The minimum atomic E-state index is -4.24. The molecule has 0 spiro atoms. The van der Waals surface area contributed by atoms with Gasteiger partial charge in [-0.2, -0.15) is 8.42 Å². The van der Waals surface area contributed by atoms with Crippen LogP contribution < -0.4 is 9.61 Å². The van der Waals surface area contributed by atoms with E-state index in [-0.39, 0.29) is 26.8 Å². The van der Waals surface area contributed by atoms with Crippen LogP contribution in [0.2, 0.25) is 5.15 Å². The predicted octanol–water partition coefficient (Wildman–Crippen LogP) is 5.04. The third-order valence-corrected chi connectivity index (χ3v) is 6.19. The van der Waals surface area contributed by atoms with Crippen molar-refractivity contribution in [2.75, 3.05) is 0 Å². The van der Waals surface area contributed by atoms with E-state index < -0.39 is 10.1 Å². The van der Waals surface area contributed by atoms with Gasteiger partial charge >= 0.3 is 10.1 Å². The number of pyridine rings is 1. The topological polar surface area (TPSA) is 86.5 Å². The molecule has 0 N–H and O–H groups in total. The van der Waals surface area contributed by atoms with Crippen LogP contribution in [0.5, 0.6) is 5.75 Å². The van der Waals surface area contributed by atoms with Gasteiger partial charge in [0.2, 0.25) is 0 Å². The van der Waals surface area contributed by atoms with Gasteiger partial charge < -0.3 is 8.60 Å². The molecule has 0 saturated heterocycles. The number of fused-ring (bicyclic) bond motifs is 1. The molecule has 0 bridgehead atoms. The first-order chi connectivity index (χ1) is 13.8. The summed E-state index contributed by atoms with van der Waals surface area (Å²) in [5.41, 5.74) is 1.10. The maximum Gasteiger partial charge on any atom is 0.342 e. The van der Waals surface area contributed by atoms with Crippen molar-refractivity contribution in [3.8, 4) is 16.9 Å². The summed E-state index contributed by atoms with van der Waals surface area (Å²) in [5, 5.41) is 0.0891. The van der Waals surface area contributed by atoms with E-state index in [1.165, 1.54) is 36.7 Å². The Bertz CT molecular complexity index is 1390. The SMILES string of the molecule is O=c1c(-c2ccccc2)coc2cc(OS(=O)(=O)c3cc(Br)cnc3Cl)ccc12. The van der Waals surface area contributed by atoms with E-state index in [2.05, 4.69) is 20.9 Å². The summed E-state index contributed by atoms with van der Waals surface area (Å²) in [6.45, 7) is 0. The summed E-state index contributed by atoms with van der Waals surface area (Å²) < 4.78 is 36.3. The van der Waals surface area contributed by atoms with Gasteiger partial charge in [0.15, 0.2) is 10.6 Å². The minimum Gasteiger partial charge on any atom is -0.463 e. The number of nitrogens with zero attached hydrogens (tertiary/aromatic N) is 1. The standard InChI is InChI=1S/C20H11BrClNO5S/c21-13-8-18(20(22)23-10-13)29(25,26)28-14-6-7-15-17(9-14)27-11-16(19(15)24)12-4-2-1-3-5-12/h1-11H. The Morgan fingerprint density at radius 3 is 2.59 bits per heavy atom. The first-order valence-corrected chi connectivity index (χ1v) is 10.8. The molecule has 146 valence electrons. The van der Waals surface area contributed by atoms with E-state index in [1.54, 1.807) is 12.1 Å². The molecule has 0 aliphatic heterocycles. The first-order valence-electron chi connectivity index (χ1n) is 8.22. The Hall–Kier alpha value is -2.68. The molecular weight excluding hydrogens is 482 g/mol. The lowest BCUT2D eigenvalue weighted by Gasteiger charge is -2.09. The van der Waals surface area contributed by atoms with Crippen molar-refractivity contribution < 1.29 is 17.0 Å². The highest BCUT2D eigenvalue weighted by molar-refractivity contribution is 9.10. The van der Waals surface area contributed by atoms with Crippen LogP contribution in [0.3, 0.4) is 0 Å². The molecule has 0 unspecified atom stereocenters. The number of benzene rings is 2. The lowest BCUT2D eigenvalue weighted by Crippen LogP contribution is -2.11. The molecule has 2 aromatic heterocycles. The molecule has 0 aliphatic rings. The van der Waals surface area contributed by atoms with Crippen molar-refractivity contribution in [2.45, 2.75) is 4.90 Å². The Morgan fingerprint density at radius 1 is 1.07 bits per heavy atom. The maximum absolute atomic E-state index is 12.8. The van der Waals surface area contributed by atoms with Crippen molar-refractivity contribution in [1.29, 1.82) is 0 Å². The Balaban J connectivity index is 1.73. The summed E-state index contributed by atoms with van der Waals surface area (Å²) >= 11 is 9.04. The van der Waals surface area contributed by atoms with Gasteiger partial charge in [0.25, 0.3) is 0 Å². The summed E-state index contributed by atoms with van der Waals surface area (Å²) in [5.74, 6) is -0.0239. The lowest BCUT2D eigenvalue weighted by molar-refractivity contribution is 0.485. The smallest absolute Gasteiger partial charge is 0.342 e. The highest BCUT2D eigenvalue weighted by atomic mass is 79.9. The number of hydrogen-bond acceptors (Lipinski definition) is 6. The molecule has 0 radical (unpaired) electrons. The molecule has 4 rings (SSSR count). The van der Waals surface area contributed by atoms with Crippen molar-refractivity contribution in [2.24, 2.45) is 0 Å². The molecule has 0 saturated carbocycles. The van der Waals surface area contributed by atoms with Crippen LogP contribution in [-0.4, -0.2) is 13.4 Å². The molecule has 2 heterocycles. The monoisotopic (exact) mass is 491 g/mol. The molecule has 0 atom stereocenters. The van der Waals surface area contributed by atoms with E-state index in [1.807, 2.05) is 18.2 Å². The second kappa shape index (κ2) is 7.62. The van der Waals surface area contributed by atoms with Crippen LogP contribution in [0.4, 0.5) is 0 Å². The van der Waals surface area contributed by atoms with Gasteiger partial charge in [-0.3, -0.25) is 4.79 Å². The average molecular weight is 493 g/mol. The molecule has 6 nitrogen and oxygen atoms in total. The molecule has 0 amide bonds. The van der Waals surface area contributed by atoms with Gasteiger partial charge in [0.1, 0.15) is 22.5 Å². The second-order valence-electron chi connectivity index (χ2n) is 5.98. The largest absolute Gasteiger partial charge is 0.463 e. The van der Waals surface area contributed by atoms with Crippen LogP contribution in [0, 0.1) is 0 Å². The van der Waals surface area contributed by atoms with E-state index in [9.17, 15) is 13.2 Å². The molecule has 29 heavy (non-hydrogen) atoms. The third kappa shape index (κ3) is 3.91. The Labute approximate surface area is 179 Å². The molecule has 2 aromatic carbocycles. The van der Waals surface area contributed by atoms with Gasteiger partial charge in [-0.25, -0.2) is 4.98 Å². The molecule has 9 heteroatoms. The van der Waals surface area contributed by atoms with E-state index in [0.29, 0.717) is 15.4 Å². The van der Waals surface area contributed by atoms with E-state index in [4.69, 9.17) is 20.2 Å². The molecule has 0 fully saturated rings. The highest BCUT2D eigenvalue weighted by Crippen LogP contribution is 2.28. The van der Waals surface area contributed by atoms with Crippen molar-refractivity contribution in [3.05, 3.63) is 86.9 Å². The van der Waals surface area contributed by atoms with Crippen molar-refractivity contribution in [1.82, 2.24) is 4.98 Å². The first kappa shape index (κ1) is 19.6. The second-order valence-corrected chi connectivity index (χ2v) is 8.77. The molecular formula is C20H11BrClNO5S. The fraction of sp³-hybridized carbons (Fsp3) is 0. The van der Waals surface area contributed by atoms with E-state index >= 15 is 0 Å². The zero-order valence-corrected chi connectivity index (χ0v) is 17.7. The maximum atomic E-state index is 12.8. The summed E-state index contributed by atoms with van der Waals surface area (Å²) in [6, 6.07) is 14.6. The quantitative estimate of drug-likeness (QED) is 0.293. The molecule has 0 aliphatic carbocycles. The normalized spacial score (nSPS) is 11.5. The number of halogens is 2. The van der Waals surface area contributed by atoms with Gasteiger partial charge in [0, 0.05) is 16.7 Å². The van der Waals surface area contributed by atoms with Crippen LogP contribution in [0.15, 0.2) is 85.6 Å². The van der Waals surface area contributed by atoms with Crippen LogP contribution in [0.1, 0.15) is 0 Å². The van der Waals surface area contributed by atoms with Gasteiger partial charge in [-0.15, -0.1) is 0 Å². The number of rotatable bonds is 4. The zero-order chi connectivity index (χ0) is 20.6. The summed E-state index contributed by atoms with van der Waals surface area (Å²) in [6.07, 6.45) is 2.71. The third-order valence-electron chi connectivity index (χ3n) is 4.08. The fourth-order valence-electron chi connectivity index (χ4n) is 2.73. The molecule has 4 aromatic rings. The summed E-state index contributed by atoms with van der Waals surface area (Å²) in [7, 11) is -4.24. The summed E-state index contributed by atoms with van der Waals surface area (Å²) in [4.78, 5) is 16.3. The van der Waals surface area contributed by atoms with Crippen LogP contribution in [0.25, 0.3) is 22.1 Å². The van der Waals surface area contributed by atoms with E-state index in [0.717, 1.165) is 5.56 Å². The minimum absolute atomic E-state index is 0.0239. The fourth-order valence-corrected chi connectivity index (χ4v) is 4.58. The van der Waals surface area contributed by atoms with Crippen LogP contribution in [-0.2, 0) is 10.1 Å². The van der Waals surface area contributed by atoms with Crippen molar-refractivity contribution >= 4 is 48.6 Å². The average Bonchev–Trinajstić information content (AvgIpc) is 2.70. The highest BCUT2D eigenvalue weighted by Gasteiger charge is 2.22.